The van der Waals surface area contributed by atoms with Gasteiger partial charge in [0, 0.05) is 5.69 Å². The molecule has 1 unspecified atom stereocenters. The lowest BCUT2D eigenvalue weighted by Crippen LogP contribution is -2.27. The van der Waals surface area contributed by atoms with Gasteiger partial charge in [0.25, 0.3) is 5.91 Å². The number of carbonyl (C=O) groups excluding carboxylic acids is 1. The molecule has 0 radical (unpaired) electrons. The van der Waals surface area contributed by atoms with Crippen molar-refractivity contribution in [3.8, 4) is 5.75 Å². The van der Waals surface area contributed by atoms with Gasteiger partial charge < -0.3 is 14.8 Å². The highest BCUT2D eigenvalue weighted by molar-refractivity contribution is 7.92. The van der Waals surface area contributed by atoms with E-state index in [1.807, 2.05) is 30.3 Å². The molecule has 2 aromatic carbocycles. The molecule has 7 nitrogen and oxygen atoms in total. The van der Waals surface area contributed by atoms with Crippen molar-refractivity contribution in [2.24, 2.45) is 0 Å². The third-order valence-corrected chi connectivity index (χ3v) is 4.07. The summed E-state index contributed by atoms with van der Waals surface area (Å²) in [5.74, 6) is 0.0122. The van der Waals surface area contributed by atoms with Crippen LogP contribution in [0.5, 0.6) is 5.75 Å². The molecule has 0 saturated carbocycles. The van der Waals surface area contributed by atoms with Gasteiger partial charge in [-0.2, -0.15) is 0 Å². The summed E-state index contributed by atoms with van der Waals surface area (Å²) in [7, 11) is -2.05. The highest BCUT2D eigenvalue weighted by atomic mass is 32.2. The lowest BCUT2D eigenvalue weighted by molar-refractivity contribution is -0.127. The van der Waals surface area contributed by atoms with E-state index in [4.69, 9.17) is 9.47 Å². The fraction of sp³-hybridized carbons (Fsp3) is 0.278. The first-order chi connectivity index (χ1) is 12.3. The fourth-order valence-electron chi connectivity index (χ4n) is 2.18. The van der Waals surface area contributed by atoms with Crippen molar-refractivity contribution in [2.45, 2.75) is 19.6 Å². The summed E-state index contributed by atoms with van der Waals surface area (Å²) in [5, 5.41) is 2.70. The Morgan fingerprint density at radius 2 is 1.85 bits per heavy atom. The fourth-order valence-corrected chi connectivity index (χ4v) is 2.74. The minimum Gasteiger partial charge on any atom is -0.495 e. The van der Waals surface area contributed by atoms with Gasteiger partial charge >= 0.3 is 0 Å². The summed E-state index contributed by atoms with van der Waals surface area (Å²) < 4.78 is 36.0. The number of carbonyl (C=O) groups is 1. The molecule has 0 bridgehead atoms. The Bertz CT molecular complexity index is 853. The van der Waals surface area contributed by atoms with Gasteiger partial charge in [0.1, 0.15) is 11.9 Å². The average Bonchev–Trinajstić information content (AvgIpc) is 2.59. The maximum absolute atomic E-state index is 12.3. The van der Waals surface area contributed by atoms with Crippen molar-refractivity contribution in [2.75, 3.05) is 23.4 Å². The molecule has 8 heteroatoms. The normalized spacial score (nSPS) is 12.3. The van der Waals surface area contributed by atoms with Gasteiger partial charge in [-0.1, -0.05) is 30.3 Å². The molecule has 0 spiro atoms. The summed E-state index contributed by atoms with van der Waals surface area (Å²) in [5.41, 5.74) is 1.64. The van der Waals surface area contributed by atoms with Gasteiger partial charge in [0.2, 0.25) is 10.0 Å². The molecule has 0 aromatic heterocycles. The van der Waals surface area contributed by atoms with E-state index in [2.05, 4.69) is 10.0 Å². The van der Waals surface area contributed by atoms with E-state index in [0.29, 0.717) is 18.0 Å². The minimum atomic E-state index is -3.48. The van der Waals surface area contributed by atoms with Gasteiger partial charge in [-0.15, -0.1) is 0 Å². The lowest BCUT2D eigenvalue weighted by atomic mass is 10.2. The molecule has 0 aliphatic rings. The van der Waals surface area contributed by atoms with Crippen molar-refractivity contribution < 1.29 is 22.7 Å². The molecule has 0 saturated heterocycles. The maximum Gasteiger partial charge on any atom is 0.253 e. The van der Waals surface area contributed by atoms with E-state index in [1.54, 1.807) is 19.1 Å². The Kier molecular flexibility index (Phi) is 6.59. The monoisotopic (exact) mass is 378 g/mol. The first-order valence-corrected chi connectivity index (χ1v) is 9.80. The number of anilines is 2. The number of hydrogen-bond donors (Lipinski definition) is 2. The topological polar surface area (TPSA) is 93.7 Å². The first-order valence-electron chi connectivity index (χ1n) is 7.90. The van der Waals surface area contributed by atoms with Crippen LogP contribution in [0.2, 0.25) is 0 Å². The van der Waals surface area contributed by atoms with Crippen LogP contribution >= 0.6 is 0 Å². The molecule has 2 rings (SSSR count). The molecule has 0 heterocycles. The van der Waals surface area contributed by atoms with E-state index in [-0.39, 0.29) is 11.6 Å². The SMILES string of the molecule is COc1ccc(NC(=O)C(C)OCc2ccccc2)cc1NS(C)(=O)=O. The maximum atomic E-state index is 12.3. The van der Waals surface area contributed by atoms with E-state index in [0.717, 1.165) is 11.8 Å². The molecule has 2 N–H and O–H groups in total. The standard InChI is InChI=1S/C18H22N2O5S/c1-13(25-12-14-7-5-4-6-8-14)18(21)19-15-9-10-17(24-2)16(11-15)20-26(3,22)23/h4-11,13,20H,12H2,1-3H3,(H,19,21). The highest BCUT2D eigenvalue weighted by Crippen LogP contribution is 2.28. The number of nitrogens with one attached hydrogen (secondary N) is 2. The van der Waals surface area contributed by atoms with Crippen LogP contribution in [0.1, 0.15) is 12.5 Å². The van der Waals surface area contributed by atoms with Gasteiger partial charge in [0.05, 0.1) is 25.7 Å². The number of ether oxygens (including phenoxy) is 2. The van der Waals surface area contributed by atoms with Crippen LogP contribution in [0.25, 0.3) is 0 Å². The molecule has 26 heavy (non-hydrogen) atoms. The molecule has 0 fully saturated rings. The van der Waals surface area contributed by atoms with Crippen LogP contribution in [-0.4, -0.2) is 33.8 Å². The predicted octanol–water partition coefficient (Wildman–Crippen LogP) is 2.61. The van der Waals surface area contributed by atoms with Crippen LogP contribution in [0.3, 0.4) is 0 Å². The van der Waals surface area contributed by atoms with E-state index >= 15 is 0 Å². The lowest BCUT2D eigenvalue weighted by Gasteiger charge is -2.15. The van der Waals surface area contributed by atoms with Crippen molar-refractivity contribution >= 4 is 27.3 Å². The van der Waals surface area contributed by atoms with E-state index in [1.165, 1.54) is 13.2 Å². The third kappa shape index (κ3) is 6.05. The first kappa shape index (κ1) is 19.7. The summed E-state index contributed by atoms with van der Waals surface area (Å²) in [4.78, 5) is 12.3. The zero-order valence-electron chi connectivity index (χ0n) is 14.9. The Hall–Kier alpha value is -2.58. The van der Waals surface area contributed by atoms with Gasteiger partial charge in [-0.05, 0) is 30.7 Å². The molecule has 0 aliphatic heterocycles. The molecule has 1 amide bonds. The van der Waals surface area contributed by atoms with Crippen LogP contribution in [-0.2, 0) is 26.2 Å². The summed E-state index contributed by atoms with van der Waals surface area (Å²) >= 11 is 0. The van der Waals surface area contributed by atoms with Crippen LogP contribution < -0.4 is 14.8 Å². The second-order valence-corrected chi connectivity index (χ2v) is 7.47. The third-order valence-electron chi connectivity index (χ3n) is 3.47. The number of amides is 1. The van der Waals surface area contributed by atoms with Gasteiger partial charge in [0.15, 0.2) is 0 Å². The van der Waals surface area contributed by atoms with Crippen molar-refractivity contribution in [3.05, 3.63) is 54.1 Å². The number of sulfonamides is 1. The van der Waals surface area contributed by atoms with Crippen LogP contribution in [0.4, 0.5) is 11.4 Å². The van der Waals surface area contributed by atoms with Gasteiger partial charge in [-0.3, -0.25) is 9.52 Å². The molecule has 2 aromatic rings. The zero-order valence-corrected chi connectivity index (χ0v) is 15.7. The molecular formula is C18H22N2O5S. The Morgan fingerprint density at radius 3 is 2.46 bits per heavy atom. The number of hydrogen-bond acceptors (Lipinski definition) is 5. The summed E-state index contributed by atoms with van der Waals surface area (Å²) in [6.45, 7) is 1.97. The van der Waals surface area contributed by atoms with E-state index in [9.17, 15) is 13.2 Å². The second-order valence-electron chi connectivity index (χ2n) is 5.72. The van der Waals surface area contributed by atoms with Crippen LogP contribution in [0.15, 0.2) is 48.5 Å². The molecule has 0 aliphatic carbocycles. The summed E-state index contributed by atoms with van der Waals surface area (Å²) in [6, 6.07) is 14.2. The van der Waals surface area contributed by atoms with Crippen molar-refractivity contribution in [3.63, 3.8) is 0 Å². The number of benzene rings is 2. The Balaban J connectivity index is 2.02. The second kappa shape index (κ2) is 8.68. The van der Waals surface area contributed by atoms with Crippen LogP contribution in [0, 0.1) is 0 Å². The largest absolute Gasteiger partial charge is 0.495 e. The number of methoxy groups -OCH3 is 1. The predicted molar refractivity (Wildman–Crippen MR) is 101 cm³/mol. The Morgan fingerprint density at radius 1 is 1.15 bits per heavy atom. The molecule has 1 atom stereocenters. The average molecular weight is 378 g/mol. The smallest absolute Gasteiger partial charge is 0.253 e. The zero-order chi connectivity index (χ0) is 19.2. The van der Waals surface area contributed by atoms with Crippen molar-refractivity contribution in [1.29, 1.82) is 0 Å². The molecular weight excluding hydrogens is 356 g/mol. The van der Waals surface area contributed by atoms with Crippen molar-refractivity contribution in [1.82, 2.24) is 0 Å². The number of rotatable bonds is 8. The summed E-state index contributed by atoms with van der Waals surface area (Å²) in [6.07, 6.45) is 0.362. The quantitative estimate of drug-likeness (QED) is 0.736. The van der Waals surface area contributed by atoms with E-state index < -0.39 is 16.1 Å². The molecule has 140 valence electrons. The minimum absolute atomic E-state index is 0.241. The highest BCUT2D eigenvalue weighted by Gasteiger charge is 2.15. The van der Waals surface area contributed by atoms with Gasteiger partial charge in [-0.25, -0.2) is 8.42 Å². The Labute approximate surface area is 153 Å².